The van der Waals surface area contributed by atoms with E-state index >= 15 is 0 Å². The van der Waals surface area contributed by atoms with Gasteiger partial charge in [-0.1, -0.05) is 55.5 Å². The van der Waals surface area contributed by atoms with E-state index in [4.69, 9.17) is 0 Å². The van der Waals surface area contributed by atoms with Crippen molar-refractivity contribution in [1.29, 1.82) is 0 Å². The minimum Gasteiger partial charge on any atom is -0.378 e. The number of carbonyl (C=O) groups excluding carboxylic acids is 1. The van der Waals surface area contributed by atoms with Gasteiger partial charge in [-0.2, -0.15) is 0 Å². The molecule has 3 aromatic carbocycles. The largest absolute Gasteiger partial charge is 0.378 e. The molecule has 3 aliphatic rings. The average Bonchev–Trinajstić information content (AvgIpc) is 3.48. The molecule has 1 heterocycles. The topological polar surface area (TPSA) is 41.1 Å². The summed E-state index contributed by atoms with van der Waals surface area (Å²) in [6.07, 6.45) is 4.91. The van der Waals surface area contributed by atoms with E-state index in [1.165, 1.54) is 41.6 Å². The second-order valence-corrected chi connectivity index (χ2v) is 10.2. The molecule has 2 aliphatic carbocycles. The molecule has 0 aromatic heterocycles. The Kier molecular flexibility index (Phi) is 5.01. The first-order chi connectivity index (χ1) is 16.1. The van der Waals surface area contributed by atoms with Crippen molar-refractivity contribution in [2.45, 2.75) is 51.5 Å². The van der Waals surface area contributed by atoms with Crippen LogP contribution in [0.15, 0.2) is 66.7 Å². The second kappa shape index (κ2) is 8.06. The fourth-order valence-corrected chi connectivity index (χ4v) is 7.01. The summed E-state index contributed by atoms with van der Waals surface area (Å²) >= 11 is 0. The summed E-state index contributed by atoms with van der Waals surface area (Å²) in [7, 11) is 0. The van der Waals surface area contributed by atoms with Crippen LogP contribution in [0.4, 0.5) is 11.4 Å². The maximum atomic E-state index is 13.3. The highest BCUT2D eigenvalue weighted by atomic mass is 16.1. The highest BCUT2D eigenvalue weighted by Crippen LogP contribution is 2.63. The molecule has 0 saturated heterocycles. The molecule has 6 rings (SSSR count). The molecular weight excluding hydrogens is 404 g/mol. The first-order valence-electron chi connectivity index (χ1n) is 12.5. The van der Waals surface area contributed by atoms with Gasteiger partial charge >= 0.3 is 0 Å². The summed E-state index contributed by atoms with van der Waals surface area (Å²) in [5.74, 6) is 2.67. The third-order valence-electron chi connectivity index (χ3n) is 8.49. The molecule has 3 heteroatoms. The maximum absolute atomic E-state index is 13.3. The van der Waals surface area contributed by atoms with Crippen molar-refractivity contribution in [3.8, 4) is 0 Å². The van der Waals surface area contributed by atoms with Gasteiger partial charge in [0, 0.05) is 16.9 Å². The minimum absolute atomic E-state index is 0.00770. The van der Waals surface area contributed by atoms with E-state index in [1.54, 1.807) is 0 Å². The number of rotatable bonds is 4. The Morgan fingerprint density at radius 2 is 1.82 bits per heavy atom. The van der Waals surface area contributed by atoms with Crippen LogP contribution < -0.4 is 10.6 Å². The van der Waals surface area contributed by atoms with E-state index in [0.717, 1.165) is 35.1 Å². The summed E-state index contributed by atoms with van der Waals surface area (Å²) in [6.45, 7) is 4.20. The van der Waals surface area contributed by atoms with Crippen LogP contribution in [-0.2, 0) is 6.42 Å². The van der Waals surface area contributed by atoms with Crippen LogP contribution in [0.2, 0.25) is 0 Å². The highest BCUT2D eigenvalue weighted by Gasteiger charge is 2.53. The molecule has 0 radical (unpaired) electrons. The minimum atomic E-state index is -0.00770. The van der Waals surface area contributed by atoms with Crippen molar-refractivity contribution in [2.75, 3.05) is 10.6 Å². The van der Waals surface area contributed by atoms with Crippen molar-refractivity contribution < 1.29 is 4.79 Å². The Balaban J connectivity index is 1.35. The number of hydrogen-bond donors (Lipinski definition) is 2. The molecule has 2 N–H and O–H groups in total. The number of nitrogens with one attached hydrogen (secondary N) is 2. The lowest BCUT2D eigenvalue weighted by atomic mass is 9.68. The van der Waals surface area contributed by atoms with E-state index in [2.05, 4.69) is 85.1 Å². The molecule has 5 atom stereocenters. The number of para-hydroxylation sites is 1. The normalized spacial score (nSPS) is 26.9. The molecule has 1 amide bonds. The average molecular weight is 437 g/mol. The summed E-state index contributed by atoms with van der Waals surface area (Å²) in [4.78, 5) is 13.3. The smallest absolute Gasteiger partial charge is 0.255 e. The third-order valence-corrected chi connectivity index (χ3v) is 8.49. The number of carbonyl (C=O) groups is 1. The monoisotopic (exact) mass is 436 g/mol. The number of hydrogen-bond acceptors (Lipinski definition) is 2. The lowest BCUT2D eigenvalue weighted by Gasteiger charge is -2.43. The lowest BCUT2D eigenvalue weighted by molar-refractivity contribution is 0.102. The molecule has 2 bridgehead atoms. The number of fused-ring (bicyclic) bond motifs is 7. The molecule has 0 unspecified atom stereocenters. The zero-order valence-corrected chi connectivity index (χ0v) is 19.5. The Morgan fingerprint density at radius 3 is 2.64 bits per heavy atom. The number of aryl methyl sites for hydroxylation is 2. The number of benzene rings is 3. The Hall–Kier alpha value is -3.07. The lowest BCUT2D eigenvalue weighted by Crippen LogP contribution is -2.35. The molecule has 1 aliphatic heterocycles. The molecule has 3 nitrogen and oxygen atoms in total. The molecule has 33 heavy (non-hydrogen) atoms. The van der Waals surface area contributed by atoms with Gasteiger partial charge in [0.05, 0.1) is 6.04 Å². The van der Waals surface area contributed by atoms with Gasteiger partial charge in [0.15, 0.2) is 0 Å². The van der Waals surface area contributed by atoms with Crippen LogP contribution in [0.5, 0.6) is 0 Å². The second-order valence-electron chi connectivity index (χ2n) is 10.2. The Bertz CT molecular complexity index is 1200. The summed E-state index contributed by atoms with van der Waals surface area (Å²) in [5.41, 5.74) is 7.97. The molecule has 3 aromatic rings. The van der Waals surface area contributed by atoms with Crippen LogP contribution in [0, 0.1) is 24.7 Å². The first-order valence-corrected chi connectivity index (χ1v) is 12.5. The van der Waals surface area contributed by atoms with Gasteiger partial charge in [0.25, 0.3) is 5.91 Å². The van der Waals surface area contributed by atoms with Crippen molar-refractivity contribution in [2.24, 2.45) is 17.8 Å². The van der Waals surface area contributed by atoms with Gasteiger partial charge in [-0.05, 0) is 96.7 Å². The van der Waals surface area contributed by atoms with Gasteiger partial charge in [0.1, 0.15) is 0 Å². The van der Waals surface area contributed by atoms with Gasteiger partial charge < -0.3 is 10.6 Å². The van der Waals surface area contributed by atoms with E-state index in [0.29, 0.717) is 17.9 Å². The molecule has 0 spiro atoms. The van der Waals surface area contributed by atoms with E-state index in [-0.39, 0.29) is 5.91 Å². The zero-order chi connectivity index (χ0) is 22.5. The standard InChI is InChI=1S/C30H32N2O/c1-3-19-11-7-8-18(2)28(19)32-30(33)23-14-15-25-24(17-23)26-21-12-13-22(16-21)27(26)29(31-25)20-9-5-4-6-10-20/h4-11,14-15,17,21-22,26-27,29,31H,3,12-13,16H2,1-2H3,(H,32,33)/t21-,22-,26-,27+,29+/m0/s1. The van der Waals surface area contributed by atoms with Gasteiger partial charge in [-0.15, -0.1) is 0 Å². The van der Waals surface area contributed by atoms with Crippen LogP contribution in [0.3, 0.4) is 0 Å². The van der Waals surface area contributed by atoms with Crippen molar-refractivity contribution in [3.05, 3.63) is 94.5 Å². The SMILES string of the molecule is CCc1cccc(C)c1NC(=O)c1ccc2c(c1)[C@@H]1[C@H]3CC[C@@H](C3)[C@H]1[C@@H](c1ccccc1)N2. The predicted octanol–water partition coefficient (Wildman–Crippen LogP) is 7.11. The zero-order valence-electron chi connectivity index (χ0n) is 19.5. The summed E-state index contributed by atoms with van der Waals surface area (Å²) < 4.78 is 0. The van der Waals surface area contributed by atoms with E-state index < -0.39 is 0 Å². The number of amides is 1. The molecule has 168 valence electrons. The fraction of sp³-hybridized carbons (Fsp3) is 0.367. The van der Waals surface area contributed by atoms with Crippen molar-refractivity contribution >= 4 is 17.3 Å². The molecular formula is C30H32N2O. The van der Waals surface area contributed by atoms with E-state index in [1.807, 2.05) is 6.07 Å². The maximum Gasteiger partial charge on any atom is 0.255 e. The summed E-state index contributed by atoms with van der Waals surface area (Å²) in [6, 6.07) is 23.8. The van der Waals surface area contributed by atoms with Crippen LogP contribution in [0.25, 0.3) is 0 Å². The van der Waals surface area contributed by atoms with Crippen LogP contribution in [0.1, 0.15) is 70.8 Å². The first kappa shape index (κ1) is 20.5. The quantitative estimate of drug-likeness (QED) is 0.458. The summed E-state index contributed by atoms with van der Waals surface area (Å²) in [5, 5.41) is 7.10. The fourth-order valence-electron chi connectivity index (χ4n) is 7.01. The third kappa shape index (κ3) is 3.37. The molecule has 2 saturated carbocycles. The van der Waals surface area contributed by atoms with Crippen LogP contribution >= 0.6 is 0 Å². The Morgan fingerprint density at radius 1 is 1.00 bits per heavy atom. The van der Waals surface area contributed by atoms with Crippen molar-refractivity contribution in [3.63, 3.8) is 0 Å². The van der Waals surface area contributed by atoms with Gasteiger partial charge in [-0.25, -0.2) is 0 Å². The van der Waals surface area contributed by atoms with Gasteiger partial charge in [0.2, 0.25) is 0 Å². The number of anilines is 2. The predicted molar refractivity (Wildman–Crippen MR) is 135 cm³/mol. The van der Waals surface area contributed by atoms with Gasteiger partial charge in [-0.3, -0.25) is 4.79 Å². The van der Waals surface area contributed by atoms with Crippen molar-refractivity contribution in [1.82, 2.24) is 0 Å². The van der Waals surface area contributed by atoms with Crippen LogP contribution in [-0.4, -0.2) is 5.91 Å². The molecule has 2 fully saturated rings. The van der Waals surface area contributed by atoms with E-state index in [9.17, 15) is 4.79 Å². The highest BCUT2D eigenvalue weighted by molar-refractivity contribution is 6.05. The Labute approximate surface area is 196 Å².